The predicted molar refractivity (Wildman–Crippen MR) is 145 cm³/mol. The van der Waals surface area contributed by atoms with Crippen molar-refractivity contribution in [2.45, 2.75) is 46.3 Å². The van der Waals surface area contributed by atoms with Gasteiger partial charge < -0.3 is 15.2 Å². The highest BCUT2D eigenvalue weighted by atomic mass is 35.5. The molecule has 1 aliphatic carbocycles. The number of allylic oxidation sites excluding steroid dienone is 1. The molecule has 0 saturated carbocycles. The number of halogens is 1. The van der Waals surface area contributed by atoms with Crippen LogP contribution in [0.25, 0.3) is 0 Å². The topological polar surface area (TPSA) is 78.9 Å². The summed E-state index contributed by atoms with van der Waals surface area (Å²) in [7, 11) is 0. The van der Waals surface area contributed by atoms with Gasteiger partial charge in [0.15, 0.2) is 5.78 Å². The number of phenols is 1. The van der Waals surface area contributed by atoms with Gasteiger partial charge in [-0.3, -0.25) is 14.5 Å². The first kappa shape index (κ1) is 24.9. The van der Waals surface area contributed by atoms with Crippen molar-refractivity contribution >= 4 is 34.7 Å². The highest BCUT2D eigenvalue weighted by Crippen LogP contribution is 2.50. The number of hydrogen-bond acceptors (Lipinski definition) is 5. The van der Waals surface area contributed by atoms with E-state index in [-0.39, 0.29) is 22.9 Å². The summed E-state index contributed by atoms with van der Waals surface area (Å²) in [5, 5.41) is 14.4. The van der Waals surface area contributed by atoms with Crippen molar-refractivity contribution in [2.75, 3.05) is 10.2 Å². The number of rotatable bonds is 4. The fourth-order valence-electron chi connectivity index (χ4n) is 5.25. The fourth-order valence-corrected chi connectivity index (χ4v) is 5.49. The second kappa shape index (κ2) is 9.60. The largest absolute Gasteiger partial charge is 0.506 e. The minimum Gasteiger partial charge on any atom is -0.506 e. The van der Waals surface area contributed by atoms with Gasteiger partial charge in [0.2, 0.25) is 5.91 Å². The maximum atomic E-state index is 13.6. The van der Waals surface area contributed by atoms with Gasteiger partial charge in [0.05, 0.1) is 16.8 Å². The van der Waals surface area contributed by atoms with Crippen LogP contribution in [0, 0.1) is 5.41 Å². The van der Waals surface area contributed by atoms with E-state index in [2.05, 4.69) is 5.32 Å². The third-order valence-electron chi connectivity index (χ3n) is 6.86. The van der Waals surface area contributed by atoms with Crippen LogP contribution in [-0.2, 0) is 16.2 Å². The Kier molecular flexibility index (Phi) is 6.46. The number of hydrogen-bond donors (Lipinski definition) is 2. The van der Waals surface area contributed by atoms with Crippen molar-refractivity contribution in [3.63, 3.8) is 0 Å². The van der Waals surface area contributed by atoms with Gasteiger partial charge in [-0.2, -0.15) is 0 Å². The molecule has 3 aromatic carbocycles. The van der Waals surface area contributed by atoms with E-state index in [0.717, 1.165) is 5.56 Å². The van der Waals surface area contributed by atoms with Crippen LogP contribution in [0.4, 0.5) is 11.4 Å². The summed E-state index contributed by atoms with van der Waals surface area (Å²) in [6, 6.07) is 19.5. The lowest BCUT2D eigenvalue weighted by atomic mass is 9.73. The molecule has 3 aromatic rings. The molecule has 0 fully saturated rings. The number of phenolic OH excluding ortho intramolecular Hbond substituents is 1. The first-order valence-electron chi connectivity index (χ1n) is 12.3. The molecule has 1 atom stereocenters. The average Bonchev–Trinajstić information content (AvgIpc) is 2.98. The van der Waals surface area contributed by atoms with Crippen molar-refractivity contribution in [1.82, 2.24) is 0 Å². The van der Waals surface area contributed by atoms with E-state index in [0.29, 0.717) is 58.4 Å². The van der Waals surface area contributed by atoms with E-state index in [4.69, 9.17) is 16.3 Å². The maximum absolute atomic E-state index is 13.6. The number of para-hydroxylation sites is 1. The van der Waals surface area contributed by atoms with Gasteiger partial charge in [0.1, 0.15) is 23.8 Å². The van der Waals surface area contributed by atoms with Crippen LogP contribution >= 0.6 is 11.6 Å². The molecule has 5 rings (SSSR count). The van der Waals surface area contributed by atoms with E-state index >= 15 is 0 Å². The number of benzene rings is 3. The molecule has 0 saturated heterocycles. The number of amides is 1. The SMILES string of the molecule is CC(=O)N1c2cccc(O)c2NC2=C(C(=O)CC(C)(C)C2)[C@H]1c1ccc(OCc2ccccc2)c(Cl)c1. The zero-order valence-electron chi connectivity index (χ0n) is 21.0. The third-order valence-corrected chi connectivity index (χ3v) is 7.15. The van der Waals surface area contributed by atoms with Crippen LogP contribution in [-0.4, -0.2) is 16.8 Å². The Balaban J connectivity index is 1.62. The molecule has 0 unspecified atom stereocenters. The lowest BCUT2D eigenvalue weighted by molar-refractivity contribution is -0.118. The number of carbonyl (C=O) groups excluding carboxylic acids is 2. The second-order valence-electron chi connectivity index (χ2n) is 10.4. The van der Waals surface area contributed by atoms with E-state index in [9.17, 15) is 14.7 Å². The molecule has 1 heterocycles. The Morgan fingerprint density at radius 1 is 1.11 bits per heavy atom. The summed E-state index contributed by atoms with van der Waals surface area (Å²) >= 11 is 6.68. The maximum Gasteiger partial charge on any atom is 0.224 e. The summed E-state index contributed by atoms with van der Waals surface area (Å²) < 4.78 is 5.95. The number of Topliss-reactive ketones (excluding diaryl/α,β-unsaturated/α-hetero) is 1. The first-order chi connectivity index (χ1) is 17.6. The van der Waals surface area contributed by atoms with Crippen LogP contribution in [0.15, 0.2) is 78.0 Å². The molecule has 6 nitrogen and oxygen atoms in total. The zero-order valence-corrected chi connectivity index (χ0v) is 21.8. The van der Waals surface area contributed by atoms with E-state index < -0.39 is 6.04 Å². The van der Waals surface area contributed by atoms with Crippen molar-refractivity contribution in [2.24, 2.45) is 5.41 Å². The Hall–Kier alpha value is -3.77. The number of carbonyl (C=O) groups is 2. The number of ether oxygens (including phenoxy) is 1. The van der Waals surface area contributed by atoms with Gasteiger partial charge in [-0.25, -0.2) is 0 Å². The van der Waals surface area contributed by atoms with Gasteiger partial charge in [-0.1, -0.05) is 67.9 Å². The van der Waals surface area contributed by atoms with E-state index in [1.165, 1.54) is 6.92 Å². The first-order valence-corrected chi connectivity index (χ1v) is 12.6. The molecule has 37 heavy (non-hydrogen) atoms. The zero-order chi connectivity index (χ0) is 26.3. The van der Waals surface area contributed by atoms with Crippen LogP contribution in [0.3, 0.4) is 0 Å². The normalized spacial score (nSPS) is 18.4. The second-order valence-corrected chi connectivity index (χ2v) is 10.8. The van der Waals surface area contributed by atoms with Gasteiger partial charge >= 0.3 is 0 Å². The quantitative estimate of drug-likeness (QED) is 0.373. The van der Waals surface area contributed by atoms with Crippen LogP contribution in [0.5, 0.6) is 11.5 Å². The van der Waals surface area contributed by atoms with Crippen molar-refractivity contribution < 1.29 is 19.4 Å². The Morgan fingerprint density at radius 2 is 1.86 bits per heavy atom. The van der Waals surface area contributed by atoms with E-state index in [1.54, 1.807) is 35.2 Å². The minimum absolute atomic E-state index is 0.00905. The number of fused-ring (bicyclic) bond motifs is 1. The molecule has 0 aromatic heterocycles. The summed E-state index contributed by atoms with van der Waals surface area (Å²) in [6.45, 7) is 5.91. The molecule has 0 bridgehead atoms. The molecule has 190 valence electrons. The van der Waals surface area contributed by atoms with Crippen LogP contribution < -0.4 is 15.0 Å². The van der Waals surface area contributed by atoms with Crippen molar-refractivity contribution in [1.29, 1.82) is 0 Å². The summed E-state index contributed by atoms with van der Waals surface area (Å²) in [5.41, 5.74) is 3.56. The standard InChI is InChI=1S/C30H29ClN2O4/c1-18(34)33-23-10-7-11-24(35)28(23)32-22-15-30(2,3)16-25(36)27(22)29(33)20-12-13-26(21(31)14-20)37-17-19-8-5-4-6-9-19/h4-14,29,32,35H,15-17H2,1-3H3/t29-/m1/s1. The van der Waals surface area contributed by atoms with E-state index in [1.807, 2.05) is 50.2 Å². The molecule has 7 heteroatoms. The minimum atomic E-state index is -0.715. The van der Waals surface area contributed by atoms with Crippen molar-refractivity contribution in [3.05, 3.63) is 94.1 Å². The van der Waals surface area contributed by atoms with Crippen LogP contribution in [0.2, 0.25) is 5.02 Å². The molecule has 0 radical (unpaired) electrons. The molecule has 1 aliphatic heterocycles. The molecule has 2 N–H and O–H groups in total. The molecule has 2 aliphatic rings. The summed E-state index contributed by atoms with van der Waals surface area (Å²) in [6.07, 6.45) is 0.945. The lowest BCUT2D eigenvalue weighted by Gasteiger charge is -2.36. The molecule has 0 spiro atoms. The van der Waals surface area contributed by atoms with Gasteiger partial charge in [0.25, 0.3) is 0 Å². The number of nitrogens with one attached hydrogen (secondary N) is 1. The summed E-state index contributed by atoms with van der Waals surface area (Å²) in [4.78, 5) is 28.4. The number of anilines is 2. The third kappa shape index (κ3) is 4.81. The van der Waals surface area contributed by atoms with Gasteiger partial charge in [-0.15, -0.1) is 0 Å². The monoisotopic (exact) mass is 516 g/mol. The highest BCUT2D eigenvalue weighted by molar-refractivity contribution is 6.32. The molecule has 1 amide bonds. The Labute approximate surface area is 221 Å². The Bertz CT molecular complexity index is 1410. The predicted octanol–water partition coefficient (Wildman–Crippen LogP) is 6.79. The Morgan fingerprint density at radius 3 is 2.57 bits per heavy atom. The fraction of sp³-hybridized carbons (Fsp3) is 0.267. The van der Waals surface area contributed by atoms with Gasteiger partial charge in [-0.05, 0) is 47.2 Å². The molecular formula is C30H29ClN2O4. The van der Waals surface area contributed by atoms with Gasteiger partial charge in [0, 0.05) is 24.6 Å². The smallest absolute Gasteiger partial charge is 0.224 e. The van der Waals surface area contributed by atoms with Crippen molar-refractivity contribution in [3.8, 4) is 11.5 Å². The summed E-state index contributed by atoms with van der Waals surface area (Å²) in [5.74, 6) is 0.224. The molecular weight excluding hydrogens is 488 g/mol. The number of nitrogens with zero attached hydrogens (tertiary/aromatic N) is 1. The number of ketones is 1. The lowest BCUT2D eigenvalue weighted by Crippen LogP contribution is -2.38. The number of aromatic hydroxyl groups is 1. The highest BCUT2D eigenvalue weighted by Gasteiger charge is 2.43. The average molecular weight is 517 g/mol. The van der Waals surface area contributed by atoms with Crippen LogP contribution in [0.1, 0.15) is 50.8 Å².